The summed E-state index contributed by atoms with van der Waals surface area (Å²) in [6.45, 7) is 2.61. The fraction of sp³-hybridized carbons (Fsp3) is 0.0909. The van der Waals surface area contributed by atoms with Crippen LogP contribution in [0.1, 0.15) is 21.6 Å². The summed E-state index contributed by atoms with van der Waals surface area (Å²) in [5.41, 5.74) is 3.93. The molecule has 0 radical (unpaired) electrons. The molecule has 0 spiro atoms. The summed E-state index contributed by atoms with van der Waals surface area (Å²) in [5, 5.41) is 13.8. The molecule has 30 heavy (non-hydrogen) atoms. The molecule has 0 saturated carbocycles. The quantitative estimate of drug-likeness (QED) is 0.466. The van der Waals surface area contributed by atoms with Crippen molar-refractivity contribution in [1.82, 2.24) is 24.4 Å². The Morgan fingerprint density at radius 3 is 2.80 bits per heavy atom. The molecule has 0 aliphatic carbocycles. The van der Waals surface area contributed by atoms with Crippen molar-refractivity contribution in [3.05, 3.63) is 89.2 Å². The van der Waals surface area contributed by atoms with E-state index in [1.54, 1.807) is 28.2 Å². The third kappa shape index (κ3) is 3.37. The van der Waals surface area contributed by atoms with Crippen LogP contribution >= 0.6 is 11.3 Å². The monoisotopic (exact) mass is 414 g/mol. The Bertz CT molecular complexity index is 1320. The lowest BCUT2D eigenvalue weighted by molar-refractivity contribution is 0.102. The highest BCUT2D eigenvalue weighted by Gasteiger charge is 2.18. The SMILES string of the molecule is Cc1cc(NC(=O)c2cnn3c(-c4cccs4)ccnc23)nn1Cc1ccccc1. The zero-order valence-electron chi connectivity index (χ0n) is 16.2. The van der Waals surface area contributed by atoms with Crippen molar-refractivity contribution in [3.63, 3.8) is 0 Å². The van der Waals surface area contributed by atoms with Crippen LogP contribution in [0.5, 0.6) is 0 Å². The van der Waals surface area contributed by atoms with Crippen molar-refractivity contribution >= 4 is 28.7 Å². The van der Waals surface area contributed by atoms with E-state index in [-0.39, 0.29) is 5.91 Å². The summed E-state index contributed by atoms with van der Waals surface area (Å²) >= 11 is 1.61. The van der Waals surface area contributed by atoms with Gasteiger partial charge in [0, 0.05) is 18.0 Å². The van der Waals surface area contributed by atoms with Gasteiger partial charge in [-0.15, -0.1) is 11.3 Å². The predicted octanol–water partition coefficient (Wildman–Crippen LogP) is 4.26. The van der Waals surface area contributed by atoms with E-state index in [9.17, 15) is 4.79 Å². The topological polar surface area (TPSA) is 77.1 Å². The number of hydrogen-bond acceptors (Lipinski definition) is 5. The van der Waals surface area contributed by atoms with E-state index in [4.69, 9.17) is 0 Å². The standard InChI is InChI=1S/C22H18N6OS/c1-15-12-20(26-27(15)14-16-6-3-2-4-7-16)25-22(29)17-13-24-28-18(9-10-23-21(17)28)19-8-5-11-30-19/h2-13H,14H2,1H3,(H,25,26,29). The smallest absolute Gasteiger partial charge is 0.262 e. The number of carbonyl (C=O) groups is 1. The maximum Gasteiger partial charge on any atom is 0.262 e. The molecule has 4 aromatic heterocycles. The molecule has 0 bridgehead atoms. The van der Waals surface area contributed by atoms with Gasteiger partial charge in [0.05, 0.1) is 23.3 Å². The Morgan fingerprint density at radius 2 is 2.00 bits per heavy atom. The average molecular weight is 414 g/mol. The first-order chi connectivity index (χ1) is 14.7. The Morgan fingerprint density at radius 1 is 1.13 bits per heavy atom. The molecule has 1 amide bonds. The number of aryl methyl sites for hydroxylation is 1. The van der Waals surface area contributed by atoms with E-state index >= 15 is 0 Å². The Kier molecular flexibility index (Phi) is 4.61. The molecular weight excluding hydrogens is 396 g/mol. The molecule has 1 aromatic carbocycles. The number of fused-ring (bicyclic) bond motifs is 1. The number of thiophene rings is 1. The summed E-state index contributed by atoms with van der Waals surface area (Å²) < 4.78 is 3.56. The van der Waals surface area contributed by atoms with Crippen LogP contribution in [0.15, 0.2) is 72.4 Å². The van der Waals surface area contributed by atoms with Gasteiger partial charge in [-0.05, 0) is 30.0 Å². The third-order valence-electron chi connectivity index (χ3n) is 4.82. The fourth-order valence-corrected chi connectivity index (χ4v) is 4.07. The van der Waals surface area contributed by atoms with Crippen molar-refractivity contribution in [1.29, 1.82) is 0 Å². The molecule has 0 atom stereocenters. The predicted molar refractivity (Wildman–Crippen MR) is 117 cm³/mol. The molecule has 4 heterocycles. The van der Waals surface area contributed by atoms with Gasteiger partial charge in [-0.3, -0.25) is 9.48 Å². The van der Waals surface area contributed by atoms with Crippen molar-refractivity contribution in [2.24, 2.45) is 0 Å². The highest BCUT2D eigenvalue weighted by atomic mass is 32.1. The van der Waals surface area contributed by atoms with Crippen molar-refractivity contribution < 1.29 is 4.79 Å². The molecule has 5 rings (SSSR count). The molecule has 8 heteroatoms. The van der Waals surface area contributed by atoms with Gasteiger partial charge in [0.2, 0.25) is 0 Å². The molecule has 0 fully saturated rings. The molecule has 0 unspecified atom stereocenters. The summed E-state index contributed by atoms with van der Waals surface area (Å²) in [6, 6.07) is 17.8. The minimum Gasteiger partial charge on any atom is -0.305 e. The van der Waals surface area contributed by atoms with Crippen molar-refractivity contribution in [2.75, 3.05) is 5.32 Å². The highest BCUT2D eigenvalue weighted by Crippen LogP contribution is 2.25. The lowest BCUT2D eigenvalue weighted by Crippen LogP contribution is -2.13. The molecule has 5 aromatic rings. The second kappa shape index (κ2) is 7.57. The Balaban J connectivity index is 1.40. The number of nitrogens with one attached hydrogen (secondary N) is 1. The minimum absolute atomic E-state index is 0.287. The van der Waals surface area contributed by atoms with E-state index in [1.165, 1.54) is 0 Å². The van der Waals surface area contributed by atoms with E-state index in [1.807, 2.05) is 59.5 Å². The second-order valence-electron chi connectivity index (χ2n) is 6.87. The number of carbonyl (C=O) groups excluding carboxylic acids is 1. The summed E-state index contributed by atoms with van der Waals surface area (Å²) in [5.74, 6) is 0.215. The van der Waals surface area contributed by atoms with Gasteiger partial charge in [-0.1, -0.05) is 36.4 Å². The van der Waals surface area contributed by atoms with E-state index in [2.05, 4.69) is 32.6 Å². The summed E-state index contributed by atoms with van der Waals surface area (Å²) in [7, 11) is 0. The summed E-state index contributed by atoms with van der Waals surface area (Å²) in [4.78, 5) is 18.3. The van der Waals surface area contributed by atoms with Gasteiger partial charge in [-0.25, -0.2) is 9.50 Å². The van der Waals surface area contributed by atoms with Crippen LogP contribution in [0.2, 0.25) is 0 Å². The summed E-state index contributed by atoms with van der Waals surface area (Å²) in [6.07, 6.45) is 3.24. The zero-order valence-corrected chi connectivity index (χ0v) is 17.0. The van der Waals surface area contributed by atoms with Gasteiger partial charge in [-0.2, -0.15) is 10.2 Å². The van der Waals surface area contributed by atoms with Crippen LogP contribution in [0.25, 0.3) is 16.2 Å². The number of nitrogens with zero attached hydrogens (tertiary/aromatic N) is 5. The Hall–Kier alpha value is -3.78. The number of anilines is 1. The van der Waals surface area contributed by atoms with E-state index < -0.39 is 0 Å². The first kappa shape index (κ1) is 18.3. The number of rotatable bonds is 5. The van der Waals surface area contributed by atoms with Crippen LogP contribution in [0, 0.1) is 6.92 Å². The van der Waals surface area contributed by atoms with Crippen LogP contribution in [0.4, 0.5) is 5.82 Å². The van der Waals surface area contributed by atoms with Crippen molar-refractivity contribution in [3.8, 4) is 10.6 Å². The van der Waals surface area contributed by atoms with Gasteiger partial charge < -0.3 is 5.32 Å². The molecule has 0 aliphatic heterocycles. The lowest BCUT2D eigenvalue weighted by atomic mass is 10.2. The normalized spacial score (nSPS) is 11.1. The number of amides is 1. The molecule has 1 N–H and O–H groups in total. The van der Waals surface area contributed by atoms with Gasteiger partial charge in [0.1, 0.15) is 5.56 Å². The highest BCUT2D eigenvalue weighted by molar-refractivity contribution is 7.13. The molecule has 7 nitrogen and oxygen atoms in total. The average Bonchev–Trinajstić information content (AvgIpc) is 3.49. The third-order valence-corrected chi connectivity index (χ3v) is 5.71. The van der Waals surface area contributed by atoms with Crippen LogP contribution < -0.4 is 5.32 Å². The second-order valence-corrected chi connectivity index (χ2v) is 7.82. The molecule has 0 aliphatic rings. The maximum atomic E-state index is 12.9. The van der Waals surface area contributed by atoms with Crippen molar-refractivity contribution in [2.45, 2.75) is 13.5 Å². The van der Waals surface area contributed by atoms with E-state index in [0.29, 0.717) is 23.6 Å². The number of hydrogen-bond donors (Lipinski definition) is 1. The first-order valence-electron chi connectivity index (χ1n) is 9.45. The first-order valence-corrected chi connectivity index (χ1v) is 10.3. The number of aromatic nitrogens is 5. The van der Waals surface area contributed by atoms with Crippen LogP contribution in [-0.2, 0) is 6.54 Å². The molecule has 0 saturated heterocycles. The van der Waals surface area contributed by atoms with Gasteiger partial charge in [0.15, 0.2) is 11.5 Å². The minimum atomic E-state index is -0.287. The Labute approximate surface area is 176 Å². The fourth-order valence-electron chi connectivity index (χ4n) is 3.33. The molecule has 148 valence electrons. The van der Waals surface area contributed by atoms with E-state index in [0.717, 1.165) is 21.8 Å². The van der Waals surface area contributed by atoms with Gasteiger partial charge >= 0.3 is 0 Å². The zero-order chi connectivity index (χ0) is 20.5. The maximum absolute atomic E-state index is 12.9. The van der Waals surface area contributed by atoms with Gasteiger partial charge in [0.25, 0.3) is 5.91 Å². The number of benzene rings is 1. The van der Waals surface area contributed by atoms with Crippen LogP contribution in [0.3, 0.4) is 0 Å². The largest absolute Gasteiger partial charge is 0.305 e. The lowest BCUT2D eigenvalue weighted by Gasteiger charge is -2.04. The molecular formula is C22H18N6OS. The van der Waals surface area contributed by atoms with Crippen LogP contribution in [-0.4, -0.2) is 30.3 Å².